The number of furan rings is 1. The van der Waals surface area contributed by atoms with Crippen molar-refractivity contribution in [1.29, 1.82) is 0 Å². The number of carboxylic acid groups (broad SMARTS) is 1. The van der Waals surface area contributed by atoms with Crippen molar-refractivity contribution < 1.29 is 14.3 Å². The van der Waals surface area contributed by atoms with Crippen LogP contribution in [0.3, 0.4) is 0 Å². The van der Waals surface area contributed by atoms with Gasteiger partial charge in [-0.05, 0) is 31.2 Å². The summed E-state index contributed by atoms with van der Waals surface area (Å²) >= 11 is 0. The molecule has 1 aromatic carbocycles. The Bertz CT molecular complexity index is 1140. The molecule has 27 heavy (non-hydrogen) atoms. The molecule has 0 saturated heterocycles. The highest BCUT2D eigenvalue weighted by Gasteiger charge is 2.11. The quantitative estimate of drug-likeness (QED) is 0.556. The number of nitrogens with one attached hydrogen (secondary N) is 1. The molecule has 7 nitrogen and oxygen atoms in total. The van der Waals surface area contributed by atoms with Crippen LogP contribution < -0.4 is 5.32 Å². The maximum absolute atomic E-state index is 11.1. The van der Waals surface area contributed by atoms with E-state index in [4.69, 9.17) is 9.52 Å². The number of fused-ring (bicyclic) bond motifs is 1. The van der Waals surface area contributed by atoms with E-state index < -0.39 is 5.97 Å². The first-order chi connectivity index (χ1) is 13.1. The van der Waals surface area contributed by atoms with Crippen molar-refractivity contribution in [1.82, 2.24) is 15.0 Å². The smallest absolute Gasteiger partial charge is 0.335 e. The van der Waals surface area contributed by atoms with Gasteiger partial charge in [0.15, 0.2) is 0 Å². The number of aromatic nitrogens is 3. The summed E-state index contributed by atoms with van der Waals surface area (Å²) in [4.78, 5) is 24.0. The van der Waals surface area contributed by atoms with Crippen LogP contribution in [0.1, 0.15) is 21.7 Å². The molecule has 0 unspecified atom stereocenters. The molecule has 4 rings (SSSR count). The first-order valence-electron chi connectivity index (χ1n) is 8.35. The SMILES string of the molecule is Cc1c(CNc2nccc(-c3cc(C(=O)O)ccn3)n2)oc2ccccc12. The lowest BCUT2D eigenvalue weighted by molar-refractivity contribution is 0.0697. The molecule has 2 N–H and O–H groups in total. The average molecular weight is 360 g/mol. The number of benzene rings is 1. The van der Waals surface area contributed by atoms with Crippen LogP contribution in [0.15, 0.2) is 59.3 Å². The van der Waals surface area contributed by atoms with Gasteiger partial charge < -0.3 is 14.8 Å². The van der Waals surface area contributed by atoms with Crippen LogP contribution in [-0.2, 0) is 6.54 Å². The first kappa shape index (κ1) is 16.7. The lowest BCUT2D eigenvalue weighted by Gasteiger charge is -2.06. The van der Waals surface area contributed by atoms with Crippen molar-refractivity contribution in [3.05, 3.63) is 71.7 Å². The lowest BCUT2D eigenvalue weighted by atomic mass is 10.1. The fourth-order valence-corrected chi connectivity index (χ4v) is 2.84. The topological polar surface area (TPSA) is 101 Å². The number of aromatic carboxylic acids is 1. The maximum Gasteiger partial charge on any atom is 0.335 e. The summed E-state index contributed by atoms with van der Waals surface area (Å²) < 4.78 is 5.88. The standard InChI is InChI=1S/C20H16N4O3/c1-12-14-4-2-3-5-17(14)27-18(12)11-23-20-22-9-7-15(24-20)16-10-13(19(25)26)6-8-21-16/h2-10H,11H2,1H3,(H,25,26)(H,22,23,24). The molecule has 134 valence electrons. The third-order valence-corrected chi connectivity index (χ3v) is 4.27. The van der Waals surface area contributed by atoms with Crippen molar-refractivity contribution in [3.63, 3.8) is 0 Å². The highest BCUT2D eigenvalue weighted by molar-refractivity contribution is 5.88. The molecule has 0 aliphatic rings. The molecule has 0 saturated carbocycles. The molecule has 0 aliphatic carbocycles. The van der Waals surface area contributed by atoms with Gasteiger partial charge in [0.05, 0.1) is 23.5 Å². The number of anilines is 1. The zero-order valence-electron chi connectivity index (χ0n) is 14.5. The Labute approximate surface area is 154 Å². The van der Waals surface area contributed by atoms with Gasteiger partial charge in [-0.15, -0.1) is 0 Å². The molecule has 0 fully saturated rings. The second-order valence-corrected chi connectivity index (χ2v) is 6.00. The van der Waals surface area contributed by atoms with Gasteiger partial charge >= 0.3 is 5.97 Å². The van der Waals surface area contributed by atoms with Crippen LogP contribution in [0.25, 0.3) is 22.4 Å². The summed E-state index contributed by atoms with van der Waals surface area (Å²) in [5.74, 6) is 0.220. The van der Waals surface area contributed by atoms with E-state index in [1.54, 1.807) is 12.3 Å². The van der Waals surface area contributed by atoms with E-state index in [1.807, 2.05) is 31.2 Å². The predicted octanol–water partition coefficient (Wildman–Crippen LogP) is 3.90. The number of aryl methyl sites for hydroxylation is 1. The van der Waals surface area contributed by atoms with Gasteiger partial charge in [-0.25, -0.2) is 14.8 Å². The largest absolute Gasteiger partial charge is 0.478 e. The van der Waals surface area contributed by atoms with Crippen LogP contribution >= 0.6 is 0 Å². The molecule has 0 spiro atoms. The van der Waals surface area contributed by atoms with Crippen molar-refractivity contribution in [3.8, 4) is 11.4 Å². The fraction of sp³-hybridized carbons (Fsp3) is 0.100. The lowest BCUT2D eigenvalue weighted by Crippen LogP contribution is -2.04. The van der Waals surface area contributed by atoms with Crippen molar-refractivity contribution >= 4 is 22.9 Å². The molecular formula is C20H16N4O3. The van der Waals surface area contributed by atoms with Gasteiger partial charge in [-0.1, -0.05) is 18.2 Å². The highest BCUT2D eigenvalue weighted by atomic mass is 16.4. The Balaban J connectivity index is 1.57. The number of rotatable bonds is 5. The number of nitrogens with zero attached hydrogens (tertiary/aromatic N) is 3. The summed E-state index contributed by atoms with van der Waals surface area (Å²) in [6.07, 6.45) is 3.05. The van der Waals surface area contributed by atoms with Crippen molar-refractivity contribution in [2.24, 2.45) is 0 Å². The average Bonchev–Trinajstić information content (AvgIpc) is 3.03. The third-order valence-electron chi connectivity index (χ3n) is 4.27. The normalized spacial score (nSPS) is 10.9. The van der Waals surface area contributed by atoms with E-state index in [1.165, 1.54) is 18.3 Å². The maximum atomic E-state index is 11.1. The minimum atomic E-state index is -1.01. The first-order valence-corrected chi connectivity index (χ1v) is 8.35. The molecule has 4 aromatic rings. The Morgan fingerprint density at radius 2 is 1.93 bits per heavy atom. The van der Waals surface area contributed by atoms with E-state index >= 15 is 0 Å². The second kappa shape index (κ2) is 6.87. The van der Waals surface area contributed by atoms with E-state index in [2.05, 4.69) is 20.3 Å². The summed E-state index contributed by atoms with van der Waals surface area (Å²) in [5.41, 5.74) is 3.09. The number of carboxylic acids is 1. The van der Waals surface area contributed by atoms with Crippen LogP contribution in [-0.4, -0.2) is 26.0 Å². The number of hydrogen-bond donors (Lipinski definition) is 2. The number of hydrogen-bond acceptors (Lipinski definition) is 6. The Kier molecular flexibility index (Phi) is 4.25. The molecule has 0 atom stereocenters. The van der Waals surface area contributed by atoms with Gasteiger partial charge in [0.1, 0.15) is 11.3 Å². The molecule has 0 bridgehead atoms. The van der Waals surface area contributed by atoms with Crippen LogP contribution in [0.2, 0.25) is 0 Å². The molecule has 0 radical (unpaired) electrons. The Hall–Kier alpha value is -3.74. The monoisotopic (exact) mass is 360 g/mol. The summed E-state index contributed by atoms with van der Waals surface area (Å²) in [6, 6.07) is 12.5. The van der Waals surface area contributed by atoms with E-state index in [0.717, 1.165) is 22.3 Å². The molecule has 3 aromatic heterocycles. The van der Waals surface area contributed by atoms with E-state index in [0.29, 0.717) is 23.9 Å². The Morgan fingerprint density at radius 1 is 1.11 bits per heavy atom. The minimum absolute atomic E-state index is 0.158. The summed E-state index contributed by atoms with van der Waals surface area (Å²) in [7, 11) is 0. The van der Waals surface area contributed by atoms with Gasteiger partial charge in [0.2, 0.25) is 5.95 Å². The molecule has 0 aliphatic heterocycles. The zero-order valence-corrected chi connectivity index (χ0v) is 14.5. The van der Waals surface area contributed by atoms with Crippen LogP contribution in [0.4, 0.5) is 5.95 Å². The number of pyridine rings is 1. The highest BCUT2D eigenvalue weighted by Crippen LogP contribution is 2.25. The van der Waals surface area contributed by atoms with Gasteiger partial charge in [-0.2, -0.15) is 0 Å². The molecule has 0 amide bonds. The summed E-state index contributed by atoms with van der Waals surface area (Å²) in [6.45, 7) is 2.45. The van der Waals surface area contributed by atoms with Crippen molar-refractivity contribution in [2.45, 2.75) is 13.5 Å². The van der Waals surface area contributed by atoms with Gasteiger partial charge in [0, 0.05) is 23.3 Å². The molecule has 3 heterocycles. The van der Waals surface area contributed by atoms with Crippen molar-refractivity contribution in [2.75, 3.05) is 5.32 Å². The molecular weight excluding hydrogens is 344 g/mol. The van der Waals surface area contributed by atoms with E-state index in [9.17, 15) is 4.79 Å². The van der Waals surface area contributed by atoms with E-state index in [-0.39, 0.29) is 5.56 Å². The van der Waals surface area contributed by atoms with Crippen LogP contribution in [0.5, 0.6) is 0 Å². The van der Waals surface area contributed by atoms with Gasteiger partial charge in [0.25, 0.3) is 0 Å². The molecule has 7 heteroatoms. The summed E-state index contributed by atoms with van der Waals surface area (Å²) in [5, 5.41) is 13.4. The predicted molar refractivity (Wildman–Crippen MR) is 101 cm³/mol. The number of para-hydroxylation sites is 1. The van der Waals surface area contributed by atoms with Crippen LogP contribution in [0, 0.1) is 6.92 Å². The van der Waals surface area contributed by atoms with Gasteiger partial charge in [-0.3, -0.25) is 4.98 Å². The minimum Gasteiger partial charge on any atom is -0.478 e. The second-order valence-electron chi connectivity index (χ2n) is 6.00. The Morgan fingerprint density at radius 3 is 2.74 bits per heavy atom. The number of carbonyl (C=O) groups is 1. The third kappa shape index (κ3) is 3.35. The fourth-order valence-electron chi connectivity index (χ4n) is 2.84. The zero-order chi connectivity index (χ0) is 18.8.